The first-order chi connectivity index (χ1) is 14.2. The van der Waals surface area contributed by atoms with Crippen LogP contribution in [0.4, 0.5) is 4.39 Å². The highest BCUT2D eigenvalue weighted by Gasteiger charge is 2.12. The molecule has 1 fully saturated rings. The Morgan fingerprint density at radius 3 is 2.55 bits per heavy atom. The summed E-state index contributed by atoms with van der Waals surface area (Å²) in [4.78, 5) is 6.75. The van der Waals surface area contributed by atoms with Gasteiger partial charge in [0.1, 0.15) is 5.82 Å². The highest BCUT2D eigenvalue weighted by atomic mass is 19.1. The summed E-state index contributed by atoms with van der Waals surface area (Å²) >= 11 is 0. The highest BCUT2D eigenvalue weighted by molar-refractivity contribution is 5.79. The van der Waals surface area contributed by atoms with Gasteiger partial charge in [-0.3, -0.25) is 9.89 Å². The van der Waals surface area contributed by atoms with E-state index < -0.39 is 0 Å². The molecule has 0 aromatic heterocycles. The summed E-state index contributed by atoms with van der Waals surface area (Å²) in [6, 6.07) is 13.5. The fourth-order valence-corrected chi connectivity index (χ4v) is 3.54. The minimum Gasteiger partial charge on any atom is -0.379 e. The Hall–Kier alpha value is -2.44. The van der Waals surface area contributed by atoms with Crippen molar-refractivity contribution in [1.82, 2.24) is 15.5 Å². The molecular weight excluding hydrogens is 367 g/mol. The standard InChI is InChI=1S/C23H31FN4O/c1-18-15-22(24)8-7-19(18)9-10-26-23(25-2)27-16-20-5-3-4-6-21(20)17-28-11-13-29-14-12-28/h3-8,15H,9-14,16-17H2,1-2H3,(H2,25,26,27). The monoisotopic (exact) mass is 398 g/mol. The third kappa shape index (κ3) is 6.54. The second-order valence-corrected chi connectivity index (χ2v) is 7.33. The Balaban J connectivity index is 1.50. The number of ether oxygens (including phenoxy) is 1. The molecule has 0 bridgehead atoms. The molecule has 0 unspecified atom stereocenters. The number of halogens is 1. The third-order valence-corrected chi connectivity index (χ3v) is 5.28. The number of guanidine groups is 1. The molecule has 156 valence electrons. The number of morpholine rings is 1. The normalized spacial score (nSPS) is 15.3. The van der Waals surface area contributed by atoms with Crippen molar-refractivity contribution in [3.05, 3.63) is 70.5 Å². The number of benzene rings is 2. The average molecular weight is 399 g/mol. The summed E-state index contributed by atoms with van der Waals surface area (Å²) in [5.41, 5.74) is 4.73. The smallest absolute Gasteiger partial charge is 0.191 e. The van der Waals surface area contributed by atoms with E-state index in [0.29, 0.717) is 0 Å². The fourth-order valence-electron chi connectivity index (χ4n) is 3.54. The van der Waals surface area contributed by atoms with Gasteiger partial charge in [0, 0.05) is 39.8 Å². The van der Waals surface area contributed by atoms with Gasteiger partial charge in [0.25, 0.3) is 0 Å². The minimum atomic E-state index is -0.188. The number of rotatable bonds is 7. The van der Waals surface area contributed by atoms with Crippen LogP contribution in [0.3, 0.4) is 0 Å². The average Bonchev–Trinajstić information content (AvgIpc) is 2.73. The maximum Gasteiger partial charge on any atom is 0.191 e. The van der Waals surface area contributed by atoms with Crippen molar-refractivity contribution in [2.75, 3.05) is 39.9 Å². The van der Waals surface area contributed by atoms with E-state index in [1.807, 2.05) is 13.0 Å². The van der Waals surface area contributed by atoms with E-state index in [1.165, 1.54) is 17.2 Å². The van der Waals surface area contributed by atoms with Crippen LogP contribution in [0.15, 0.2) is 47.5 Å². The summed E-state index contributed by atoms with van der Waals surface area (Å²) in [5.74, 6) is 0.582. The maximum absolute atomic E-state index is 13.2. The Bertz CT molecular complexity index is 818. The zero-order valence-electron chi connectivity index (χ0n) is 17.4. The van der Waals surface area contributed by atoms with E-state index in [-0.39, 0.29) is 5.82 Å². The SMILES string of the molecule is CN=C(NCCc1ccc(F)cc1C)NCc1ccccc1CN1CCOCC1. The quantitative estimate of drug-likeness (QED) is 0.556. The van der Waals surface area contributed by atoms with Gasteiger partial charge < -0.3 is 15.4 Å². The van der Waals surface area contributed by atoms with Crippen LogP contribution < -0.4 is 10.6 Å². The van der Waals surface area contributed by atoms with Crippen LogP contribution in [0.5, 0.6) is 0 Å². The second-order valence-electron chi connectivity index (χ2n) is 7.33. The van der Waals surface area contributed by atoms with Crippen molar-refractivity contribution in [2.45, 2.75) is 26.4 Å². The van der Waals surface area contributed by atoms with Crippen molar-refractivity contribution in [1.29, 1.82) is 0 Å². The summed E-state index contributed by atoms with van der Waals surface area (Å²) in [7, 11) is 1.78. The van der Waals surface area contributed by atoms with Crippen molar-refractivity contribution in [2.24, 2.45) is 4.99 Å². The molecular formula is C23H31FN4O. The van der Waals surface area contributed by atoms with Crippen LogP contribution in [-0.2, 0) is 24.2 Å². The predicted molar refractivity (Wildman–Crippen MR) is 116 cm³/mol. The zero-order valence-corrected chi connectivity index (χ0v) is 17.4. The van der Waals surface area contributed by atoms with E-state index >= 15 is 0 Å². The first-order valence-corrected chi connectivity index (χ1v) is 10.2. The topological polar surface area (TPSA) is 48.9 Å². The van der Waals surface area contributed by atoms with Gasteiger partial charge in [-0.25, -0.2) is 4.39 Å². The largest absolute Gasteiger partial charge is 0.379 e. The first kappa shape index (κ1) is 21.3. The number of hydrogen-bond acceptors (Lipinski definition) is 3. The lowest BCUT2D eigenvalue weighted by molar-refractivity contribution is 0.0341. The number of hydrogen-bond donors (Lipinski definition) is 2. The van der Waals surface area contributed by atoms with Gasteiger partial charge in [0.2, 0.25) is 0 Å². The van der Waals surface area contributed by atoms with Gasteiger partial charge in [0.05, 0.1) is 13.2 Å². The maximum atomic E-state index is 13.2. The zero-order chi connectivity index (χ0) is 20.5. The summed E-state index contributed by atoms with van der Waals surface area (Å²) < 4.78 is 18.7. The Labute approximate surface area is 173 Å². The molecule has 0 spiro atoms. The van der Waals surface area contributed by atoms with Crippen LogP contribution in [0.2, 0.25) is 0 Å². The molecule has 6 heteroatoms. The molecule has 29 heavy (non-hydrogen) atoms. The molecule has 0 radical (unpaired) electrons. The van der Waals surface area contributed by atoms with Crippen LogP contribution >= 0.6 is 0 Å². The molecule has 0 atom stereocenters. The van der Waals surface area contributed by atoms with E-state index in [4.69, 9.17) is 4.74 Å². The molecule has 0 aliphatic carbocycles. The number of nitrogens with one attached hydrogen (secondary N) is 2. The van der Waals surface area contributed by atoms with Gasteiger partial charge in [0.15, 0.2) is 5.96 Å². The van der Waals surface area contributed by atoms with E-state index in [9.17, 15) is 4.39 Å². The molecule has 0 amide bonds. The molecule has 3 rings (SSSR count). The van der Waals surface area contributed by atoms with Crippen molar-refractivity contribution < 1.29 is 9.13 Å². The van der Waals surface area contributed by atoms with E-state index in [0.717, 1.165) is 69.4 Å². The molecule has 0 saturated carbocycles. The molecule has 1 heterocycles. The summed E-state index contributed by atoms with van der Waals surface area (Å²) in [5, 5.41) is 6.76. The fraction of sp³-hybridized carbons (Fsp3) is 0.435. The Kier molecular flexibility index (Phi) is 8.02. The van der Waals surface area contributed by atoms with E-state index in [2.05, 4.69) is 44.8 Å². The first-order valence-electron chi connectivity index (χ1n) is 10.2. The summed E-state index contributed by atoms with van der Waals surface area (Å²) in [6.07, 6.45) is 0.820. The van der Waals surface area contributed by atoms with Gasteiger partial charge in [-0.1, -0.05) is 30.3 Å². The third-order valence-electron chi connectivity index (χ3n) is 5.28. The van der Waals surface area contributed by atoms with Gasteiger partial charge in [-0.15, -0.1) is 0 Å². The van der Waals surface area contributed by atoms with Crippen molar-refractivity contribution in [3.8, 4) is 0 Å². The van der Waals surface area contributed by atoms with Crippen molar-refractivity contribution >= 4 is 5.96 Å². The van der Waals surface area contributed by atoms with Gasteiger partial charge >= 0.3 is 0 Å². The van der Waals surface area contributed by atoms with Crippen LogP contribution in [-0.4, -0.2) is 50.8 Å². The second kappa shape index (κ2) is 10.9. The predicted octanol–water partition coefficient (Wildman–Crippen LogP) is 2.87. The molecule has 2 aromatic carbocycles. The number of aliphatic imine (C=N–C) groups is 1. The molecule has 1 saturated heterocycles. The van der Waals surface area contributed by atoms with Gasteiger partial charge in [-0.2, -0.15) is 0 Å². The lowest BCUT2D eigenvalue weighted by Crippen LogP contribution is -2.38. The molecule has 2 N–H and O–H groups in total. The molecule has 2 aromatic rings. The Morgan fingerprint density at radius 1 is 1.07 bits per heavy atom. The molecule has 1 aliphatic heterocycles. The molecule has 1 aliphatic rings. The van der Waals surface area contributed by atoms with Crippen LogP contribution in [0, 0.1) is 12.7 Å². The van der Waals surface area contributed by atoms with Gasteiger partial charge in [-0.05, 0) is 47.7 Å². The van der Waals surface area contributed by atoms with Crippen molar-refractivity contribution in [3.63, 3.8) is 0 Å². The minimum absolute atomic E-state index is 0.188. The van der Waals surface area contributed by atoms with E-state index in [1.54, 1.807) is 13.1 Å². The van der Waals surface area contributed by atoms with Crippen LogP contribution in [0.25, 0.3) is 0 Å². The van der Waals surface area contributed by atoms with Crippen LogP contribution in [0.1, 0.15) is 22.3 Å². The highest BCUT2D eigenvalue weighted by Crippen LogP contribution is 2.13. The summed E-state index contributed by atoms with van der Waals surface area (Å²) in [6.45, 7) is 7.92. The lowest BCUT2D eigenvalue weighted by Gasteiger charge is -2.27. The molecule has 5 nitrogen and oxygen atoms in total. The number of nitrogens with zero attached hydrogens (tertiary/aromatic N) is 2. The lowest BCUT2D eigenvalue weighted by atomic mass is 10.1. The Morgan fingerprint density at radius 2 is 1.83 bits per heavy atom. The number of aryl methyl sites for hydroxylation is 1.